The Morgan fingerprint density at radius 1 is 1.19 bits per heavy atom. The molecule has 8 heteroatoms. The van der Waals surface area contributed by atoms with Gasteiger partial charge in [-0.1, -0.05) is 24.0 Å². The Bertz CT molecular complexity index is 912. The fourth-order valence-electron chi connectivity index (χ4n) is 2.41. The summed E-state index contributed by atoms with van der Waals surface area (Å²) < 4.78 is 11.2. The van der Waals surface area contributed by atoms with E-state index in [0.29, 0.717) is 36.4 Å². The van der Waals surface area contributed by atoms with Crippen LogP contribution in [0.5, 0.6) is 17.2 Å². The average Bonchev–Trinajstić information content (AvgIpc) is 2.91. The van der Waals surface area contributed by atoms with Crippen molar-refractivity contribution in [2.45, 2.75) is 0 Å². The normalized spacial score (nSPS) is 15.7. The number of anilines is 1. The van der Waals surface area contributed by atoms with E-state index in [9.17, 15) is 9.90 Å². The summed E-state index contributed by atoms with van der Waals surface area (Å²) in [6.07, 6.45) is 1.72. The molecule has 3 rings (SSSR count). The first-order chi connectivity index (χ1) is 12.4. The smallest absolute Gasteiger partial charge is 0.270 e. The van der Waals surface area contributed by atoms with Crippen molar-refractivity contribution in [2.24, 2.45) is 0 Å². The highest BCUT2D eigenvalue weighted by Gasteiger charge is 2.33. The molecule has 1 saturated heterocycles. The zero-order valence-electron chi connectivity index (χ0n) is 13.9. The van der Waals surface area contributed by atoms with Gasteiger partial charge in [-0.3, -0.25) is 9.69 Å². The number of rotatable bonds is 4. The number of hydrogen-bond donors (Lipinski definition) is 1. The maximum Gasteiger partial charge on any atom is 0.270 e. The van der Waals surface area contributed by atoms with Crippen molar-refractivity contribution in [1.82, 2.24) is 0 Å². The van der Waals surface area contributed by atoms with Crippen molar-refractivity contribution in [3.63, 3.8) is 0 Å². The minimum atomic E-state index is -0.201. The number of methoxy groups -OCH3 is 2. The van der Waals surface area contributed by atoms with Crippen LogP contribution in [0.3, 0.4) is 0 Å². The highest BCUT2D eigenvalue weighted by molar-refractivity contribution is 9.10. The molecule has 26 heavy (non-hydrogen) atoms. The number of phenols is 1. The van der Waals surface area contributed by atoms with Crippen LogP contribution in [0, 0.1) is 0 Å². The summed E-state index contributed by atoms with van der Waals surface area (Å²) in [5.41, 5.74) is 1.39. The zero-order valence-corrected chi connectivity index (χ0v) is 17.1. The van der Waals surface area contributed by atoms with Gasteiger partial charge in [0.2, 0.25) is 0 Å². The number of carbonyl (C=O) groups is 1. The van der Waals surface area contributed by atoms with Crippen LogP contribution in [-0.2, 0) is 4.79 Å². The lowest BCUT2D eigenvalue weighted by atomic mass is 10.2. The highest BCUT2D eigenvalue weighted by Crippen LogP contribution is 2.39. The lowest BCUT2D eigenvalue weighted by Gasteiger charge is -2.14. The molecule has 5 nitrogen and oxygen atoms in total. The Balaban J connectivity index is 1.93. The molecule has 1 amide bonds. The van der Waals surface area contributed by atoms with Crippen LogP contribution in [-0.4, -0.2) is 29.6 Å². The Morgan fingerprint density at radius 3 is 2.50 bits per heavy atom. The molecular weight excluding hydrogens is 438 g/mol. The van der Waals surface area contributed by atoms with Gasteiger partial charge in [-0.05, 0) is 64.0 Å². The molecule has 0 atom stereocenters. The number of ether oxygens (including phenoxy) is 2. The molecular formula is C18H14BrNO4S2. The summed E-state index contributed by atoms with van der Waals surface area (Å²) in [4.78, 5) is 14.8. The van der Waals surface area contributed by atoms with E-state index in [2.05, 4.69) is 15.9 Å². The molecule has 1 aliphatic heterocycles. The third-order valence-corrected chi connectivity index (χ3v) is 5.60. The van der Waals surface area contributed by atoms with Gasteiger partial charge >= 0.3 is 0 Å². The van der Waals surface area contributed by atoms with E-state index in [4.69, 9.17) is 21.7 Å². The van der Waals surface area contributed by atoms with Gasteiger partial charge in [0.05, 0.1) is 29.3 Å². The average molecular weight is 452 g/mol. The Kier molecular flexibility index (Phi) is 5.55. The number of benzene rings is 2. The van der Waals surface area contributed by atoms with Gasteiger partial charge < -0.3 is 14.6 Å². The van der Waals surface area contributed by atoms with Crippen LogP contribution in [0.4, 0.5) is 5.69 Å². The molecule has 0 aliphatic carbocycles. The molecule has 1 heterocycles. The molecule has 1 fully saturated rings. The third-order valence-electron chi connectivity index (χ3n) is 3.69. The molecule has 134 valence electrons. The molecule has 1 N–H and O–H groups in total. The molecule has 2 aromatic rings. The van der Waals surface area contributed by atoms with Crippen LogP contribution in [0.2, 0.25) is 0 Å². The second kappa shape index (κ2) is 7.69. The van der Waals surface area contributed by atoms with Crippen LogP contribution in [0.15, 0.2) is 45.8 Å². The topological polar surface area (TPSA) is 59.0 Å². The minimum Gasteiger partial charge on any atom is -0.503 e. The molecule has 0 saturated carbocycles. The number of amides is 1. The van der Waals surface area contributed by atoms with Crippen LogP contribution < -0.4 is 14.4 Å². The molecule has 2 aromatic carbocycles. The van der Waals surface area contributed by atoms with Crippen molar-refractivity contribution >= 4 is 61.9 Å². The van der Waals surface area contributed by atoms with Crippen molar-refractivity contribution in [1.29, 1.82) is 0 Å². The summed E-state index contributed by atoms with van der Waals surface area (Å²) in [6, 6.07) is 10.5. The fraction of sp³-hybridized carbons (Fsp3) is 0.111. The summed E-state index contributed by atoms with van der Waals surface area (Å²) in [7, 11) is 3.05. The number of halogens is 1. The van der Waals surface area contributed by atoms with Crippen molar-refractivity contribution in [2.75, 3.05) is 19.1 Å². The first-order valence-corrected chi connectivity index (χ1v) is 9.45. The lowest BCUT2D eigenvalue weighted by Crippen LogP contribution is -2.27. The van der Waals surface area contributed by atoms with Crippen molar-refractivity contribution in [3.05, 3.63) is 51.3 Å². The molecule has 0 aromatic heterocycles. The Morgan fingerprint density at radius 2 is 1.88 bits per heavy atom. The number of aromatic hydroxyl groups is 1. The number of thioether (sulfide) groups is 1. The quantitative estimate of drug-likeness (QED) is 0.542. The largest absolute Gasteiger partial charge is 0.503 e. The summed E-state index contributed by atoms with van der Waals surface area (Å²) in [6.45, 7) is 0. The predicted octanol–water partition coefficient (Wildman–Crippen LogP) is 4.58. The van der Waals surface area contributed by atoms with Crippen molar-refractivity contribution < 1.29 is 19.4 Å². The second-order valence-corrected chi connectivity index (χ2v) is 7.80. The standard InChI is InChI=1S/C18H14BrNO4S2/c1-23-12-5-3-11(4-6-12)20-17(22)15(26-18(20)25)9-10-7-13(19)16(21)14(8-10)24-2/h3-9,21H,1-2H3/b15-9-. The minimum absolute atomic E-state index is 0.00966. The van der Waals surface area contributed by atoms with E-state index in [-0.39, 0.29) is 11.7 Å². The van der Waals surface area contributed by atoms with E-state index in [1.165, 1.54) is 23.8 Å². The second-order valence-electron chi connectivity index (χ2n) is 5.27. The number of thiocarbonyl (C=S) groups is 1. The monoisotopic (exact) mass is 451 g/mol. The zero-order chi connectivity index (χ0) is 18.8. The van der Waals surface area contributed by atoms with E-state index in [0.717, 1.165) is 0 Å². The third kappa shape index (κ3) is 3.58. The highest BCUT2D eigenvalue weighted by atomic mass is 79.9. The van der Waals surface area contributed by atoms with Crippen LogP contribution in [0.1, 0.15) is 5.56 Å². The molecule has 0 bridgehead atoms. The van der Waals surface area contributed by atoms with Crippen molar-refractivity contribution in [3.8, 4) is 17.2 Å². The Labute approximate surface area is 168 Å². The lowest BCUT2D eigenvalue weighted by molar-refractivity contribution is -0.113. The van der Waals surface area contributed by atoms with Gasteiger partial charge in [-0.15, -0.1) is 0 Å². The number of nitrogens with zero attached hydrogens (tertiary/aromatic N) is 1. The molecule has 0 spiro atoms. The Hall–Kier alpha value is -2.03. The maximum atomic E-state index is 12.8. The van der Waals surface area contributed by atoms with Crippen LogP contribution in [0.25, 0.3) is 6.08 Å². The molecule has 0 radical (unpaired) electrons. The first kappa shape index (κ1) is 18.8. The summed E-state index contributed by atoms with van der Waals surface area (Å²) in [5, 5.41) is 9.91. The SMILES string of the molecule is COc1ccc(N2C(=O)/C(=C/c3cc(Br)c(O)c(OC)c3)SC2=S)cc1. The number of carbonyl (C=O) groups excluding carboxylic acids is 1. The first-order valence-electron chi connectivity index (χ1n) is 7.43. The van der Waals surface area contributed by atoms with Gasteiger partial charge in [-0.2, -0.15) is 0 Å². The predicted molar refractivity (Wildman–Crippen MR) is 111 cm³/mol. The van der Waals surface area contributed by atoms with Gasteiger partial charge in [0.15, 0.2) is 15.8 Å². The van der Waals surface area contributed by atoms with Crippen LogP contribution >= 0.6 is 39.9 Å². The summed E-state index contributed by atoms with van der Waals surface area (Å²) in [5.74, 6) is 0.829. The van der Waals surface area contributed by atoms with Gasteiger partial charge in [0, 0.05) is 0 Å². The van der Waals surface area contributed by atoms with E-state index in [1.807, 2.05) is 0 Å². The van der Waals surface area contributed by atoms with Gasteiger partial charge in [0.1, 0.15) is 5.75 Å². The number of hydrogen-bond acceptors (Lipinski definition) is 6. The van der Waals surface area contributed by atoms with Gasteiger partial charge in [0.25, 0.3) is 5.91 Å². The van der Waals surface area contributed by atoms with E-state index in [1.54, 1.807) is 49.6 Å². The fourth-order valence-corrected chi connectivity index (χ4v) is 4.16. The molecule has 0 unspecified atom stereocenters. The molecule has 1 aliphatic rings. The van der Waals surface area contributed by atoms with E-state index < -0.39 is 0 Å². The number of phenolic OH excluding ortho intramolecular Hbond substituents is 1. The van der Waals surface area contributed by atoms with Gasteiger partial charge in [-0.25, -0.2) is 0 Å². The van der Waals surface area contributed by atoms with E-state index >= 15 is 0 Å². The summed E-state index contributed by atoms with van der Waals surface area (Å²) >= 11 is 9.87. The maximum absolute atomic E-state index is 12.8.